The fourth-order valence-corrected chi connectivity index (χ4v) is 5.00. The minimum atomic E-state index is -4.12. The number of carbonyl (C=O) groups is 1. The van der Waals surface area contributed by atoms with Crippen molar-refractivity contribution in [1.82, 2.24) is 9.73 Å². The zero-order valence-corrected chi connectivity index (χ0v) is 21.4. The van der Waals surface area contributed by atoms with Crippen molar-refractivity contribution >= 4 is 27.8 Å². The van der Waals surface area contributed by atoms with Gasteiger partial charge in [0.2, 0.25) is 0 Å². The van der Waals surface area contributed by atoms with Crippen molar-refractivity contribution in [3.63, 3.8) is 0 Å². The average Bonchev–Trinajstić information content (AvgIpc) is 2.82. The first kappa shape index (κ1) is 26.9. The van der Waals surface area contributed by atoms with E-state index in [-0.39, 0.29) is 35.2 Å². The van der Waals surface area contributed by atoms with Gasteiger partial charge in [-0.05, 0) is 69.9 Å². The van der Waals surface area contributed by atoms with Crippen molar-refractivity contribution in [2.45, 2.75) is 57.0 Å². The molecule has 0 saturated carbocycles. The lowest BCUT2D eigenvalue weighted by molar-refractivity contribution is -0.385. The van der Waals surface area contributed by atoms with Gasteiger partial charge >= 0.3 is 0 Å². The van der Waals surface area contributed by atoms with Crippen LogP contribution in [0.15, 0.2) is 46.4 Å². The number of nitro benzene ring substituents is 1. The predicted molar refractivity (Wildman–Crippen MR) is 134 cm³/mol. The number of carbonyl (C=O) groups excluding carboxylic acids is 1. The van der Waals surface area contributed by atoms with Gasteiger partial charge in [0.15, 0.2) is 18.1 Å². The molecule has 0 spiro atoms. The Hall–Kier alpha value is -3.67. The van der Waals surface area contributed by atoms with Crippen LogP contribution in [-0.4, -0.2) is 56.2 Å². The van der Waals surface area contributed by atoms with Crippen LogP contribution in [0.4, 0.5) is 5.69 Å². The van der Waals surface area contributed by atoms with Crippen LogP contribution in [0.3, 0.4) is 0 Å². The van der Waals surface area contributed by atoms with E-state index in [4.69, 9.17) is 9.47 Å². The molecule has 1 aliphatic heterocycles. The van der Waals surface area contributed by atoms with E-state index < -0.39 is 14.9 Å². The van der Waals surface area contributed by atoms with Gasteiger partial charge in [-0.2, -0.15) is 13.5 Å². The molecule has 2 aromatic carbocycles. The van der Waals surface area contributed by atoms with Crippen molar-refractivity contribution in [2.24, 2.45) is 5.10 Å². The van der Waals surface area contributed by atoms with E-state index in [1.54, 1.807) is 18.2 Å². The number of nitrogens with zero attached hydrogens (tertiary/aromatic N) is 3. The van der Waals surface area contributed by atoms with Gasteiger partial charge in [-0.25, -0.2) is 4.83 Å². The molecular formula is C24H30N4O7S. The number of likely N-dealkylation sites (tertiary alicyclic amines) is 1. The standard InChI is InChI=1S/C24H30N4O7S/c1-16-8-10-20(13-21(16)28(30)31)36(32,33)26-25-14-19-9-11-22(23(12-19)34-4)35-15-24(29)27-17(2)6-5-7-18(27)3/h8-14,17-18,26H,5-7,15H2,1-4H3/b25-14-/t17-,18-/m1/s1. The molecule has 1 aliphatic rings. The number of rotatable bonds is 9. The molecule has 0 aromatic heterocycles. The maximum atomic E-state index is 12.7. The smallest absolute Gasteiger partial charge is 0.276 e. The third-order valence-corrected chi connectivity index (χ3v) is 7.31. The summed E-state index contributed by atoms with van der Waals surface area (Å²) in [6.07, 6.45) is 4.30. The Balaban J connectivity index is 1.66. The van der Waals surface area contributed by atoms with Gasteiger partial charge in [0.05, 0.1) is 23.1 Å². The Morgan fingerprint density at radius 1 is 1.19 bits per heavy atom. The van der Waals surface area contributed by atoms with Crippen LogP contribution >= 0.6 is 0 Å². The summed E-state index contributed by atoms with van der Waals surface area (Å²) < 4.78 is 36.0. The third kappa shape index (κ3) is 6.30. The minimum Gasteiger partial charge on any atom is -0.493 e. The summed E-state index contributed by atoms with van der Waals surface area (Å²) in [5.74, 6) is 0.629. The Bertz CT molecular complexity index is 1250. The summed E-state index contributed by atoms with van der Waals surface area (Å²) in [6, 6.07) is 8.76. The normalized spacial score (nSPS) is 18.2. The van der Waals surface area contributed by atoms with Gasteiger partial charge in [-0.3, -0.25) is 14.9 Å². The van der Waals surface area contributed by atoms with E-state index in [0.29, 0.717) is 22.6 Å². The first-order valence-corrected chi connectivity index (χ1v) is 12.9. The van der Waals surface area contributed by atoms with Gasteiger partial charge in [-0.1, -0.05) is 6.07 Å². The Kier molecular flexibility index (Phi) is 8.51. The van der Waals surface area contributed by atoms with Crippen LogP contribution in [0.25, 0.3) is 0 Å². The van der Waals surface area contributed by atoms with Crippen molar-refractivity contribution in [1.29, 1.82) is 0 Å². The van der Waals surface area contributed by atoms with Gasteiger partial charge in [-0.15, -0.1) is 0 Å². The van der Waals surface area contributed by atoms with Gasteiger partial charge in [0.1, 0.15) is 0 Å². The van der Waals surface area contributed by atoms with E-state index in [1.165, 1.54) is 32.4 Å². The monoisotopic (exact) mass is 518 g/mol. The number of hydrogen-bond donors (Lipinski definition) is 1. The largest absolute Gasteiger partial charge is 0.493 e. The quantitative estimate of drug-likeness (QED) is 0.305. The average molecular weight is 519 g/mol. The number of methoxy groups -OCH3 is 1. The Morgan fingerprint density at radius 3 is 2.53 bits per heavy atom. The van der Waals surface area contributed by atoms with E-state index in [0.717, 1.165) is 25.3 Å². The number of ether oxygens (including phenoxy) is 2. The molecule has 36 heavy (non-hydrogen) atoms. The molecule has 0 bridgehead atoms. The number of nitro groups is 1. The highest BCUT2D eigenvalue weighted by Gasteiger charge is 2.29. The van der Waals surface area contributed by atoms with Crippen LogP contribution in [0.5, 0.6) is 11.5 Å². The minimum absolute atomic E-state index is 0.0897. The second kappa shape index (κ2) is 11.4. The fourth-order valence-electron chi connectivity index (χ4n) is 4.19. The summed E-state index contributed by atoms with van der Waals surface area (Å²) in [7, 11) is -2.66. The second-order valence-corrected chi connectivity index (χ2v) is 10.3. The van der Waals surface area contributed by atoms with Crippen LogP contribution in [0.1, 0.15) is 44.2 Å². The number of benzene rings is 2. The predicted octanol–water partition coefficient (Wildman–Crippen LogP) is 3.39. The zero-order valence-electron chi connectivity index (χ0n) is 20.6. The maximum absolute atomic E-state index is 12.7. The van der Waals surface area contributed by atoms with Crippen LogP contribution in [-0.2, 0) is 14.8 Å². The fraction of sp³-hybridized carbons (Fsp3) is 0.417. The number of piperidine rings is 1. The van der Waals surface area contributed by atoms with Crippen molar-refractivity contribution in [2.75, 3.05) is 13.7 Å². The van der Waals surface area contributed by atoms with E-state index in [2.05, 4.69) is 5.10 Å². The van der Waals surface area contributed by atoms with Crippen LogP contribution in [0, 0.1) is 17.0 Å². The maximum Gasteiger partial charge on any atom is 0.276 e. The summed E-state index contributed by atoms with van der Waals surface area (Å²) >= 11 is 0. The molecule has 11 nitrogen and oxygen atoms in total. The molecule has 0 unspecified atom stereocenters. The summed E-state index contributed by atoms with van der Waals surface area (Å²) in [4.78, 5) is 26.8. The van der Waals surface area contributed by atoms with Gasteiger partial charge in [0, 0.05) is 23.7 Å². The number of aryl methyl sites for hydroxylation is 1. The van der Waals surface area contributed by atoms with Crippen LogP contribution in [0.2, 0.25) is 0 Å². The lowest BCUT2D eigenvalue weighted by Gasteiger charge is -2.39. The van der Waals surface area contributed by atoms with Crippen molar-refractivity contribution < 1.29 is 27.6 Å². The summed E-state index contributed by atoms with van der Waals surface area (Å²) in [5, 5.41) is 14.9. The SMILES string of the molecule is COc1cc(/C=N\NS(=O)(=O)c2ccc(C)c([N+](=O)[O-])c2)ccc1OCC(=O)N1[C@H](C)CCC[C@H]1C. The highest BCUT2D eigenvalue weighted by atomic mass is 32.2. The Morgan fingerprint density at radius 2 is 1.89 bits per heavy atom. The lowest BCUT2D eigenvalue weighted by Crippen LogP contribution is -2.49. The number of hydrazone groups is 1. The van der Waals surface area contributed by atoms with Gasteiger partial charge < -0.3 is 14.4 Å². The second-order valence-electron chi connectivity index (χ2n) is 8.69. The molecule has 12 heteroatoms. The van der Waals surface area contributed by atoms with Crippen molar-refractivity contribution in [3.8, 4) is 11.5 Å². The highest BCUT2D eigenvalue weighted by Crippen LogP contribution is 2.29. The number of sulfonamides is 1. The molecule has 2 atom stereocenters. The summed E-state index contributed by atoms with van der Waals surface area (Å²) in [5.41, 5.74) is 0.546. The van der Waals surface area contributed by atoms with E-state index >= 15 is 0 Å². The lowest BCUT2D eigenvalue weighted by atomic mass is 9.97. The summed E-state index contributed by atoms with van der Waals surface area (Å²) in [6.45, 7) is 5.47. The molecule has 1 heterocycles. The first-order chi connectivity index (χ1) is 17.0. The topological polar surface area (TPSA) is 140 Å². The Labute approximate surface area is 210 Å². The van der Waals surface area contributed by atoms with Crippen molar-refractivity contribution in [3.05, 3.63) is 57.6 Å². The highest BCUT2D eigenvalue weighted by molar-refractivity contribution is 7.89. The zero-order chi connectivity index (χ0) is 26.5. The molecule has 0 radical (unpaired) electrons. The molecular weight excluding hydrogens is 488 g/mol. The molecule has 0 aliphatic carbocycles. The number of hydrogen-bond acceptors (Lipinski definition) is 8. The molecule has 1 saturated heterocycles. The van der Waals surface area contributed by atoms with Crippen LogP contribution < -0.4 is 14.3 Å². The molecule has 1 amide bonds. The molecule has 2 aromatic rings. The molecule has 194 valence electrons. The van der Waals surface area contributed by atoms with E-state index in [9.17, 15) is 23.3 Å². The van der Waals surface area contributed by atoms with E-state index in [1.807, 2.05) is 23.6 Å². The molecule has 1 fully saturated rings. The first-order valence-electron chi connectivity index (χ1n) is 11.5. The number of amides is 1. The molecule has 3 rings (SSSR count). The third-order valence-electron chi connectivity index (χ3n) is 6.09. The molecule has 1 N–H and O–H groups in total. The van der Waals surface area contributed by atoms with Gasteiger partial charge in [0.25, 0.3) is 21.6 Å². The number of nitrogens with one attached hydrogen (secondary N) is 1.